The summed E-state index contributed by atoms with van der Waals surface area (Å²) in [6.07, 6.45) is 3.12. The number of piperidine rings is 1. The van der Waals surface area contributed by atoms with Crippen molar-refractivity contribution in [3.63, 3.8) is 0 Å². The van der Waals surface area contributed by atoms with Crippen molar-refractivity contribution in [2.45, 2.75) is 116 Å². The van der Waals surface area contributed by atoms with E-state index in [1.54, 1.807) is 9.80 Å². The van der Waals surface area contributed by atoms with Gasteiger partial charge in [-0.3, -0.25) is 24.6 Å². The monoisotopic (exact) mass is 668 g/mol. The number of amides is 5. The normalized spacial score (nSPS) is 23.8. The molecule has 0 radical (unpaired) electrons. The highest BCUT2D eigenvalue weighted by atomic mass is 16.6. The Labute approximate surface area is 283 Å². The molecule has 13 nitrogen and oxygen atoms in total. The van der Waals surface area contributed by atoms with Crippen molar-refractivity contribution in [2.24, 2.45) is 0 Å². The number of benzene rings is 1. The van der Waals surface area contributed by atoms with Gasteiger partial charge < -0.3 is 29.5 Å². The van der Waals surface area contributed by atoms with E-state index in [1.165, 1.54) is 0 Å². The molecular weight excluding hydrogens is 616 g/mol. The summed E-state index contributed by atoms with van der Waals surface area (Å²) in [5.74, 6) is -0.923. The summed E-state index contributed by atoms with van der Waals surface area (Å²) in [5, 5.41) is 5.43. The third-order valence-electron chi connectivity index (χ3n) is 9.41. The molecule has 5 amide bonds. The van der Waals surface area contributed by atoms with Crippen LogP contribution in [0.25, 0.3) is 0 Å². The maximum absolute atomic E-state index is 13.6. The van der Waals surface area contributed by atoms with Gasteiger partial charge in [-0.25, -0.2) is 9.59 Å². The fourth-order valence-electron chi connectivity index (χ4n) is 7.07. The fourth-order valence-corrected chi connectivity index (χ4v) is 7.07. The summed E-state index contributed by atoms with van der Waals surface area (Å²) in [6, 6.07) is 5.30. The van der Waals surface area contributed by atoms with E-state index in [9.17, 15) is 24.0 Å². The van der Waals surface area contributed by atoms with Gasteiger partial charge in [0.25, 0.3) is 5.91 Å². The molecule has 1 aromatic rings. The Morgan fingerprint density at radius 3 is 2.21 bits per heavy atom. The Morgan fingerprint density at radius 2 is 1.58 bits per heavy atom. The number of nitrogens with one attached hydrogen (secondary N) is 2. The van der Waals surface area contributed by atoms with E-state index in [4.69, 9.17) is 9.47 Å². The van der Waals surface area contributed by atoms with Crippen LogP contribution in [0.3, 0.4) is 0 Å². The molecule has 4 aliphatic rings. The van der Waals surface area contributed by atoms with Crippen molar-refractivity contribution < 1.29 is 33.4 Å². The second-order valence-corrected chi connectivity index (χ2v) is 15.4. The van der Waals surface area contributed by atoms with Gasteiger partial charge in [0.1, 0.15) is 17.2 Å². The quantitative estimate of drug-likeness (QED) is 0.417. The van der Waals surface area contributed by atoms with E-state index in [0.29, 0.717) is 38.2 Å². The predicted octanol–water partition coefficient (Wildman–Crippen LogP) is 3.64. The molecule has 48 heavy (non-hydrogen) atoms. The molecule has 3 aliphatic heterocycles. The number of nitrogens with zero attached hydrogens (tertiary/aromatic N) is 4. The Kier molecular flexibility index (Phi) is 10.6. The van der Waals surface area contributed by atoms with Gasteiger partial charge in [-0.2, -0.15) is 0 Å². The topological polar surface area (TPSA) is 141 Å². The smallest absolute Gasteiger partial charge is 0.410 e. The molecular formula is C35H52N6O7. The predicted molar refractivity (Wildman–Crippen MR) is 179 cm³/mol. The average molecular weight is 669 g/mol. The van der Waals surface area contributed by atoms with Gasteiger partial charge in [0, 0.05) is 81.1 Å². The molecule has 1 saturated carbocycles. The summed E-state index contributed by atoms with van der Waals surface area (Å²) in [4.78, 5) is 71.4. The van der Waals surface area contributed by atoms with Crippen molar-refractivity contribution >= 4 is 35.6 Å². The molecule has 3 fully saturated rings. The molecule has 1 unspecified atom stereocenters. The number of hydrogen-bond acceptors (Lipinski definition) is 9. The summed E-state index contributed by atoms with van der Waals surface area (Å²) in [7, 11) is 0. The number of rotatable bonds is 7. The van der Waals surface area contributed by atoms with E-state index in [2.05, 4.69) is 26.5 Å². The number of alkyl carbamates (subject to hydrolysis) is 1. The molecule has 0 aromatic heterocycles. The molecule has 0 spiro atoms. The number of piperazine rings is 1. The number of hydrogen-bond donors (Lipinski definition) is 2. The molecule has 0 bridgehead atoms. The first-order chi connectivity index (χ1) is 22.6. The zero-order chi connectivity index (χ0) is 34.8. The lowest BCUT2D eigenvalue weighted by Gasteiger charge is -2.41. The molecule has 2 saturated heterocycles. The zero-order valence-corrected chi connectivity index (χ0v) is 29.3. The van der Waals surface area contributed by atoms with E-state index in [-0.39, 0.29) is 36.4 Å². The van der Waals surface area contributed by atoms with Crippen LogP contribution in [0.1, 0.15) is 96.0 Å². The van der Waals surface area contributed by atoms with Gasteiger partial charge in [-0.15, -0.1) is 0 Å². The highest BCUT2D eigenvalue weighted by Crippen LogP contribution is 2.37. The van der Waals surface area contributed by atoms with Crippen LogP contribution in [0.5, 0.6) is 0 Å². The SMILES string of the molecule is CC(C)(C)OC(=O)NC1CCC(N(CCN2CCN(C(=O)OC(C)(C)C)CC2)c2cccc3c2CN(C2CCC(=O)NC2=O)C3=O)CC1. The fraction of sp³-hybridized carbons (Fsp3) is 0.686. The Bertz CT molecular complexity index is 1390. The van der Waals surface area contributed by atoms with E-state index in [1.807, 2.05) is 53.7 Å². The first kappa shape index (κ1) is 35.4. The van der Waals surface area contributed by atoms with E-state index < -0.39 is 29.2 Å². The van der Waals surface area contributed by atoms with Crippen LogP contribution >= 0.6 is 0 Å². The first-order valence-electron chi connectivity index (χ1n) is 17.3. The van der Waals surface area contributed by atoms with Crippen molar-refractivity contribution in [3.05, 3.63) is 29.3 Å². The van der Waals surface area contributed by atoms with Crippen LogP contribution < -0.4 is 15.5 Å². The van der Waals surface area contributed by atoms with E-state index >= 15 is 0 Å². The van der Waals surface area contributed by atoms with Crippen LogP contribution in [0.15, 0.2) is 18.2 Å². The number of imide groups is 1. The number of anilines is 1. The van der Waals surface area contributed by atoms with Crippen molar-refractivity contribution in [3.8, 4) is 0 Å². The number of carbonyl (C=O) groups excluding carboxylic acids is 5. The summed E-state index contributed by atoms with van der Waals surface area (Å²) in [6.45, 7) is 15.6. The van der Waals surface area contributed by atoms with Gasteiger partial charge in [0.15, 0.2) is 0 Å². The number of carbonyl (C=O) groups is 5. The molecule has 13 heteroatoms. The van der Waals surface area contributed by atoms with Crippen LogP contribution in [-0.4, -0.2) is 113 Å². The first-order valence-corrected chi connectivity index (χ1v) is 17.3. The van der Waals surface area contributed by atoms with Gasteiger partial charge in [0.2, 0.25) is 11.8 Å². The second-order valence-electron chi connectivity index (χ2n) is 15.4. The lowest BCUT2D eigenvalue weighted by Crippen LogP contribution is -2.52. The molecule has 1 atom stereocenters. The molecule has 1 aliphatic carbocycles. The molecule has 3 heterocycles. The van der Waals surface area contributed by atoms with Gasteiger partial charge in [-0.05, 0) is 85.8 Å². The number of ether oxygens (including phenoxy) is 2. The van der Waals surface area contributed by atoms with Crippen molar-refractivity contribution in [1.82, 2.24) is 25.3 Å². The summed E-state index contributed by atoms with van der Waals surface area (Å²) < 4.78 is 11.1. The third-order valence-corrected chi connectivity index (χ3v) is 9.41. The van der Waals surface area contributed by atoms with Gasteiger partial charge in [-0.1, -0.05) is 6.07 Å². The standard InChI is InChI=1S/C35H52N6O7/c1-34(2,3)47-32(45)36-23-10-12-24(13-11-23)40(21-18-38-16-19-39(20-17-38)33(46)48-35(4,5)6)27-9-7-8-25-26(27)22-41(31(25)44)28-14-15-29(42)37-30(28)43/h7-9,23-24,28H,10-22H2,1-6H3,(H,36,45)(H,37,42,43). The summed E-state index contributed by atoms with van der Waals surface area (Å²) >= 11 is 0. The van der Waals surface area contributed by atoms with E-state index in [0.717, 1.165) is 56.6 Å². The number of fused-ring (bicyclic) bond motifs is 1. The van der Waals surface area contributed by atoms with Crippen LogP contribution in [-0.2, 0) is 25.6 Å². The van der Waals surface area contributed by atoms with Gasteiger partial charge >= 0.3 is 12.2 Å². The lowest BCUT2D eigenvalue weighted by molar-refractivity contribution is -0.136. The van der Waals surface area contributed by atoms with Crippen LogP contribution in [0, 0.1) is 0 Å². The minimum Gasteiger partial charge on any atom is -0.444 e. The highest BCUT2D eigenvalue weighted by molar-refractivity contribution is 6.06. The third kappa shape index (κ3) is 8.77. The maximum Gasteiger partial charge on any atom is 0.410 e. The minimum absolute atomic E-state index is 0.0185. The van der Waals surface area contributed by atoms with Gasteiger partial charge in [0.05, 0.1) is 0 Å². The molecule has 2 N–H and O–H groups in total. The zero-order valence-electron chi connectivity index (χ0n) is 29.3. The Balaban J connectivity index is 1.30. The van der Waals surface area contributed by atoms with Crippen molar-refractivity contribution in [1.29, 1.82) is 0 Å². The van der Waals surface area contributed by atoms with Crippen LogP contribution in [0.4, 0.5) is 15.3 Å². The second kappa shape index (κ2) is 14.3. The molecule has 1 aromatic carbocycles. The lowest BCUT2D eigenvalue weighted by atomic mass is 9.89. The minimum atomic E-state index is -0.681. The molecule has 264 valence electrons. The molecule has 5 rings (SSSR count). The Hall–Kier alpha value is -3.87. The Morgan fingerprint density at radius 1 is 0.917 bits per heavy atom. The van der Waals surface area contributed by atoms with Crippen LogP contribution in [0.2, 0.25) is 0 Å². The van der Waals surface area contributed by atoms with Crippen molar-refractivity contribution in [2.75, 3.05) is 44.2 Å². The highest BCUT2D eigenvalue weighted by Gasteiger charge is 2.41. The summed E-state index contributed by atoms with van der Waals surface area (Å²) in [5.41, 5.74) is 1.36. The largest absolute Gasteiger partial charge is 0.444 e. The average Bonchev–Trinajstić information content (AvgIpc) is 3.33. The maximum atomic E-state index is 13.6.